The molecular formula is C21H30ClNO2. The lowest BCUT2D eigenvalue weighted by atomic mass is 9.49. The van der Waals surface area contributed by atoms with Crippen LogP contribution in [0, 0.1) is 11.8 Å². The second-order valence-electron chi connectivity index (χ2n) is 8.18. The Kier molecular flexibility index (Phi) is 5.18. The maximum atomic E-state index is 12.7. The number of nitrogens with zero attached hydrogens (tertiary/aromatic N) is 1. The van der Waals surface area contributed by atoms with Gasteiger partial charge in [-0.1, -0.05) is 19.4 Å². The Hall–Kier alpha value is -1.06. The van der Waals surface area contributed by atoms with Crippen molar-refractivity contribution in [1.82, 2.24) is 4.90 Å². The second-order valence-corrected chi connectivity index (χ2v) is 8.18. The fourth-order valence-corrected chi connectivity index (χ4v) is 6.06. The van der Waals surface area contributed by atoms with Gasteiger partial charge < -0.3 is 9.64 Å². The van der Waals surface area contributed by atoms with E-state index in [1.54, 1.807) is 7.11 Å². The zero-order valence-electron chi connectivity index (χ0n) is 15.6. The molecule has 2 aliphatic carbocycles. The first kappa shape index (κ1) is 18.7. The summed E-state index contributed by atoms with van der Waals surface area (Å²) in [7, 11) is 4.02. The van der Waals surface area contributed by atoms with Crippen LogP contribution in [0.25, 0.3) is 0 Å². The lowest BCUT2D eigenvalue weighted by molar-refractivity contribution is -0.131. The standard InChI is InChI=1S/C21H29NO2.ClH/c1-4-5-15-10-16(23)13-21-8-9-22(2)19(20(15)21)11-14-6-7-17(24-3)12-18(14)21;/h6-7,12,15,19-20H,4-5,8-11,13H2,1-3H3;1H/t15-,19+,20-,21-;/m0./s1. The summed E-state index contributed by atoms with van der Waals surface area (Å²) in [5.74, 6) is 2.57. The van der Waals surface area contributed by atoms with Gasteiger partial charge in [0, 0.05) is 24.3 Å². The first-order chi connectivity index (χ1) is 11.6. The van der Waals surface area contributed by atoms with Crippen molar-refractivity contribution in [2.75, 3.05) is 20.7 Å². The summed E-state index contributed by atoms with van der Waals surface area (Å²) in [6, 6.07) is 7.15. The van der Waals surface area contributed by atoms with E-state index in [2.05, 4.69) is 37.1 Å². The number of benzene rings is 1. The fraction of sp³-hybridized carbons (Fsp3) is 0.667. The molecule has 1 saturated carbocycles. The van der Waals surface area contributed by atoms with Gasteiger partial charge in [-0.2, -0.15) is 0 Å². The first-order valence-corrected chi connectivity index (χ1v) is 9.48. The summed E-state index contributed by atoms with van der Waals surface area (Å²) in [6.07, 6.45) is 6.12. The number of fused-ring (bicyclic) bond motifs is 1. The van der Waals surface area contributed by atoms with Crippen LogP contribution in [0.3, 0.4) is 0 Å². The predicted octanol–water partition coefficient (Wildman–Crippen LogP) is 4.01. The third-order valence-corrected chi connectivity index (χ3v) is 6.98. The number of methoxy groups -OCH3 is 1. The monoisotopic (exact) mass is 363 g/mol. The number of likely N-dealkylation sites (N-methyl/N-ethyl adjacent to an activating group) is 1. The molecule has 0 amide bonds. The molecule has 0 N–H and O–H groups in total. The summed E-state index contributed by atoms with van der Waals surface area (Å²) < 4.78 is 5.52. The van der Waals surface area contributed by atoms with Gasteiger partial charge in [0.05, 0.1) is 7.11 Å². The molecule has 2 bridgehead atoms. The highest BCUT2D eigenvalue weighted by Gasteiger charge is 2.57. The number of piperidine rings is 1. The largest absolute Gasteiger partial charge is 0.497 e. The number of ketones is 1. The molecule has 2 fully saturated rings. The average Bonchev–Trinajstić information content (AvgIpc) is 2.58. The SMILES string of the molecule is CCC[C@H]1CC(=O)C[C@@]23CCN(C)[C@H](Cc4ccc(OC)cc42)[C@H]13.Cl. The molecule has 0 aromatic heterocycles. The number of ether oxygens (including phenoxy) is 1. The molecule has 138 valence electrons. The molecule has 1 heterocycles. The van der Waals surface area contributed by atoms with Gasteiger partial charge in [-0.3, -0.25) is 4.79 Å². The summed E-state index contributed by atoms with van der Waals surface area (Å²) in [5, 5.41) is 0. The average molecular weight is 364 g/mol. The molecule has 1 saturated heterocycles. The van der Waals surface area contributed by atoms with Crippen molar-refractivity contribution in [3.63, 3.8) is 0 Å². The highest BCUT2D eigenvalue weighted by atomic mass is 35.5. The van der Waals surface area contributed by atoms with E-state index in [-0.39, 0.29) is 17.8 Å². The Labute approximate surface area is 157 Å². The van der Waals surface area contributed by atoms with Crippen molar-refractivity contribution < 1.29 is 9.53 Å². The molecule has 1 aliphatic heterocycles. The summed E-state index contributed by atoms with van der Waals surface area (Å²) in [4.78, 5) is 15.3. The van der Waals surface area contributed by atoms with Gasteiger partial charge in [0.25, 0.3) is 0 Å². The van der Waals surface area contributed by atoms with Crippen LogP contribution in [0.1, 0.15) is 50.2 Å². The number of hydrogen-bond acceptors (Lipinski definition) is 3. The van der Waals surface area contributed by atoms with Crippen molar-refractivity contribution in [3.8, 4) is 5.75 Å². The minimum atomic E-state index is 0. The number of halogens is 1. The summed E-state index contributed by atoms with van der Waals surface area (Å²) >= 11 is 0. The van der Waals surface area contributed by atoms with Gasteiger partial charge in [0.2, 0.25) is 0 Å². The molecule has 1 aromatic carbocycles. The molecular weight excluding hydrogens is 334 g/mol. The summed E-state index contributed by atoms with van der Waals surface area (Å²) in [6.45, 7) is 3.36. The highest BCUT2D eigenvalue weighted by molar-refractivity contribution is 5.85. The van der Waals surface area contributed by atoms with E-state index < -0.39 is 0 Å². The van der Waals surface area contributed by atoms with E-state index in [4.69, 9.17) is 4.74 Å². The van der Waals surface area contributed by atoms with Crippen LogP contribution >= 0.6 is 12.4 Å². The highest BCUT2D eigenvalue weighted by Crippen LogP contribution is 2.57. The topological polar surface area (TPSA) is 29.5 Å². The molecule has 4 atom stereocenters. The molecule has 4 heteroatoms. The lowest BCUT2D eigenvalue weighted by Crippen LogP contribution is -2.63. The fourth-order valence-electron chi connectivity index (χ4n) is 6.06. The van der Waals surface area contributed by atoms with Gasteiger partial charge in [0.1, 0.15) is 11.5 Å². The number of carbonyl (C=O) groups is 1. The molecule has 0 unspecified atom stereocenters. The van der Waals surface area contributed by atoms with Crippen molar-refractivity contribution >= 4 is 18.2 Å². The van der Waals surface area contributed by atoms with Crippen molar-refractivity contribution in [3.05, 3.63) is 29.3 Å². The van der Waals surface area contributed by atoms with Crippen molar-refractivity contribution in [2.45, 2.75) is 56.9 Å². The minimum Gasteiger partial charge on any atom is -0.497 e. The Morgan fingerprint density at radius 2 is 2.12 bits per heavy atom. The number of hydrogen-bond donors (Lipinski definition) is 0. The zero-order valence-corrected chi connectivity index (χ0v) is 16.4. The molecule has 3 aliphatic rings. The quantitative estimate of drug-likeness (QED) is 0.812. The van der Waals surface area contributed by atoms with Gasteiger partial charge in [-0.25, -0.2) is 0 Å². The normalized spacial score (nSPS) is 33.9. The molecule has 0 spiro atoms. The van der Waals surface area contributed by atoms with Crippen LogP contribution in [-0.2, 0) is 16.6 Å². The molecule has 1 aromatic rings. The third-order valence-electron chi connectivity index (χ3n) is 6.98. The minimum absolute atomic E-state index is 0. The number of rotatable bonds is 3. The molecule has 3 nitrogen and oxygen atoms in total. The third kappa shape index (κ3) is 2.80. The zero-order chi connectivity index (χ0) is 16.9. The van der Waals surface area contributed by atoms with E-state index in [0.29, 0.717) is 23.7 Å². The van der Waals surface area contributed by atoms with Gasteiger partial charge in [0.15, 0.2) is 0 Å². The molecule has 25 heavy (non-hydrogen) atoms. The number of Topliss-reactive ketones (excluding diaryl/α,β-unsaturated/α-hetero) is 1. The smallest absolute Gasteiger partial charge is 0.134 e. The first-order valence-electron chi connectivity index (χ1n) is 9.48. The second kappa shape index (κ2) is 6.92. The molecule has 4 rings (SSSR count). The Bertz CT molecular complexity index is 661. The van der Waals surface area contributed by atoms with Gasteiger partial charge in [-0.05, 0) is 68.0 Å². The van der Waals surface area contributed by atoms with Crippen LogP contribution in [0.15, 0.2) is 18.2 Å². The number of carbonyl (C=O) groups excluding carboxylic acids is 1. The van der Waals surface area contributed by atoms with Gasteiger partial charge in [-0.15, -0.1) is 12.4 Å². The van der Waals surface area contributed by atoms with Crippen LogP contribution in [-0.4, -0.2) is 37.4 Å². The van der Waals surface area contributed by atoms with E-state index in [1.165, 1.54) is 24.0 Å². The van der Waals surface area contributed by atoms with Gasteiger partial charge >= 0.3 is 0 Å². The van der Waals surface area contributed by atoms with Crippen molar-refractivity contribution in [2.24, 2.45) is 11.8 Å². The van der Waals surface area contributed by atoms with Crippen LogP contribution < -0.4 is 4.74 Å². The summed E-state index contributed by atoms with van der Waals surface area (Å²) in [5.41, 5.74) is 2.91. The Morgan fingerprint density at radius 1 is 1.32 bits per heavy atom. The predicted molar refractivity (Wildman–Crippen MR) is 103 cm³/mol. The maximum Gasteiger partial charge on any atom is 0.134 e. The lowest BCUT2D eigenvalue weighted by Gasteiger charge is -2.60. The Morgan fingerprint density at radius 3 is 2.84 bits per heavy atom. The Balaban J connectivity index is 0.00000182. The van der Waals surface area contributed by atoms with E-state index in [9.17, 15) is 4.79 Å². The van der Waals surface area contributed by atoms with E-state index >= 15 is 0 Å². The van der Waals surface area contributed by atoms with Crippen molar-refractivity contribution in [1.29, 1.82) is 0 Å². The van der Waals surface area contributed by atoms with E-state index in [0.717, 1.165) is 38.0 Å². The van der Waals surface area contributed by atoms with Crippen LogP contribution in [0.5, 0.6) is 5.75 Å². The van der Waals surface area contributed by atoms with Crippen LogP contribution in [0.4, 0.5) is 0 Å². The van der Waals surface area contributed by atoms with E-state index in [1.807, 2.05) is 0 Å². The van der Waals surface area contributed by atoms with Crippen LogP contribution in [0.2, 0.25) is 0 Å². The number of likely N-dealkylation sites (tertiary alicyclic amines) is 1. The maximum absolute atomic E-state index is 12.7. The molecule has 0 radical (unpaired) electrons.